The Hall–Kier alpha value is -2.92. The fourth-order valence-corrected chi connectivity index (χ4v) is 7.23. The molecule has 1 atom stereocenters. The van der Waals surface area contributed by atoms with Crippen LogP contribution in [0.15, 0.2) is 42.6 Å². The van der Waals surface area contributed by atoms with Gasteiger partial charge in [0.25, 0.3) is 5.91 Å². The number of rotatable bonds is 11. The van der Waals surface area contributed by atoms with E-state index < -0.39 is 11.7 Å². The topological polar surface area (TPSA) is 89.9 Å². The van der Waals surface area contributed by atoms with Crippen LogP contribution in [0.2, 0.25) is 5.02 Å². The normalized spacial score (nSPS) is 19.8. The Morgan fingerprint density at radius 2 is 1.84 bits per heavy atom. The molecule has 11 heteroatoms. The minimum absolute atomic E-state index is 0.0157. The SMILES string of the molecule is COC(=O)C1CCC(OC(SCC(=O)Cc2cc(Cl)c(NC(=O)c3cn(C)c4ccccc34)cc2F)N2CCCC2)CC1. The Bertz CT molecular complexity index is 1480. The summed E-state index contributed by atoms with van der Waals surface area (Å²) in [4.78, 5) is 40.1. The van der Waals surface area contributed by atoms with Crippen LogP contribution < -0.4 is 5.32 Å². The third-order valence-electron chi connectivity index (χ3n) is 8.26. The van der Waals surface area contributed by atoms with E-state index in [1.807, 2.05) is 35.9 Å². The molecular weight excluding hydrogens is 593 g/mol. The standard InChI is InChI=1S/C32H37ClFN3O5S/c1-36-18-25(24-7-3-4-8-29(24)36)30(39)35-28-17-27(34)21(16-26(28)33)15-22(38)19-43-32(37-13-5-6-14-37)42-23-11-9-20(10-12-23)31(40)41-2/h3-4,7-8,16-18,20,23,32H,5-6,9-15,19H2,1-2H3,(H,35,39). The van der Waals surface area contributed by atoms with Gasteiger partial charge in [-0.15, -0.1) is 11.8 Å². The average molecular weight is 630 g/mol. The Morgan fingerprint density at radius 1 is 1.12 bits per heavy atom. The third kappa shape index (κ3) is 7.60. The fourth-order valence-electron chi connectivity index (χ4n) is 5.91. The molecule has 8 nitrogen and oxygen atoms in total. The number of anilines is 1. The third-order valence-corrected chi connectivity index (χ3v) is 9.75. The summed E-state index contributed by atoms with van der Waals surface area (Å²) in [6.45, 7) is 1.80. The molecule has 0 radical (unpaired) electrons. The van der Waals surface area contributed by atoms with E-state index in [1.54, 1.807) is 6.20 Å². The summed E-state index contributed by atoms with van der Waals surface area (Å²) in [5, 5.41) is 3.65. The van der Waals surface area contributed by atoms with Crippen molar-refractivity contribution in [2.75, 3.05) is 31.3 Å². The molecule has 1 unspecified atom stereocenters. The van der Waals surface area contributed by atoms with Crippen LogP contribution in [0.1, 0.15) is 54.4 Å². The summed E-state index contributed by atoms with van der Waals surface area (Å²) >= 11 is 7.86. The number of para-hydroxylation sites is 1. The minimum Gasteiger partial charge on any atom is -0.469 e. The van der Waals surface area contributed by atoms with Crippen molar-refractivity contribution in [1.82, 2.24) is 9.47 Å². The van der Waals surface area contributed by atoms with Gasteiger partial charge in [0.15, 0.2) is 5.56 Å². The van der Waals surface area contributed by atoms with Crippen molar-refractivity contribution in [3.8, 4) is 0 Å². The highest BCUT2D eigenvalue weighted by Gasteiger charge is 2.32. The van der Waals surface area contributed by atoms with E-state index in [-0.39, 0.29) is 57.8 Å². The smallest absolute Gasteiger partial charge is 0.308 e. The van der Waals surface area contributed by atoms with E-state index >= 15 is 4.39 Å². The first-order chi connectivity index (χ1) is 20.7. The van der Waals surface area contributed by atoms with Gasteiger partial charge in [0.1, 0.15) is 11.6 Å². The average Bonchev–Trinajstić information content (AvgIpc) is 3.66. The van der Waals surface area contributed by atoms with Crippen molar-refractivity contribution in [3.05, 3.63) is 64.6 Å². The molecule has 1 saturated carbocycles. The van der Waals surface area contributed by atoms with Crippen LogP contribution in [0.4, 0.5) is 10.1 Å². The number of hydrogen-bond acceptors (Lipinski definition) is 7. The number of Topliss-reactive ketones (excluding diaryl/α,β-unsaturated/α-hetero) is 1. The molecule has 1 amide bonds. The van der Waals surface area contributed by atoms with Crippen LogP contribution in [0.25, 0.3) is 10.9 Å². The summed E-state index contributed by atoms with van der Waals surface area (Å²) in [5.41, 5.74) is 1.41. The zero-order valence-electron chi connectivity index (χ0n) is 24.4. The summed E-state index contributed by atoms with van der Waals surface area (Å²) < 4.78 is 28.3. The van der Waals surface area contributed by atoms with Crippen molar-refractivity contribution >= 4 is 57.6 Å². The molecule has 1 N–H and O–H groups in total. The first kappa shape index (κ1) is 31.5. The van der Waals surface area contributed by atoms with Crippen LogP contribution in [0.5, 0.6) is 0 Å². The molecule has 43 heavy (non-hydrogen) atoms. The molecule has 5 rings (SSSR count). The van der Waals surface area contributed by atoms with E-state index in [1.165, 1.54) is 31.0 Å². The maximum absolute atomic E-state index is 15.1. The van der Waals surface area contributed by atoms with Gasteiger partial charge in [0, 0.05) is 43.7 Å². The molecule has 1 aliphatic carbocycles. The molecule has 2 aromatic carbocycles. The number of ether oxygens (including phenoxy) is 2. The van der Waals surface area contributed by atoms with Gasteiger partial charge in [-0.05, 0) is 62.3 Å². The Balaban J connectivity index is 1.18. The van der Waals surface area contributed by atoms with Crippen molar-refractivity contribution in [2.24, 2.45) is 13.0 Å². The number of methoxy groups -OCH3 is 1. The number of ketones is 1. The molecule has 0 bridgehead atoms. The molecule has 230 valence electrons. The Morgan fingerprint density at radius 3 is 2.56 bits per heavy atom. The summed E-state index contributed by atoms with van der Waals surface area (Å²) in [5.74, 6) is -1.23. The number of carbonyl (C=O) groups is 3. The number of carbonyl (C=O) groups excluding carboxylic acids is 3. The number of nitrogens with zero attached hydrogens (tertiary/aromatic N) is 2. The lowest BCUT2D eigenvalue weighted by molar-refractivity contribution is -0.148. The van der Waals surface area contributed by atoms with Crippen LogP contribution in [0.3, 0.4) is 0 Å². The quantitative estimate of drug-likeness (QED) is 0.200. The second kappa shape index (κ2) is 14.2. The number of aryl methyl sites for hydroxylation is 1. The molecule has 1 aliphatic heterocycles. The van der Waals surface area contributed by atoms with E-state index in [2.05, 4.69) is 10.2 Å². The van der Waals surface area contributed by atoms with Gasteiger partial charge in [-0.3, -0.25) is 19.3 Å². The van der Waals surface area contributed by atoms with E-state index in [9.17, 15) is 14.4 Å². The molecule has 2 fully saturated rings. The summed E-state index contributed by atoms with van der Waals surface area (Å²) in [6.07, 6.45) is 6.78. The van der Waals surface area contributed by atoms with E-state index in [0.29, 0.717) is 5.56 Å². The van der Waals surface area contributed by atoms with Gasteiger partial charge < -0.3 is 19.4 Å². The first-order valence-electron chi connectivity index (χ1n) is 14.7. The number of halogens is 2. The number of benzene rings is 2. The second-order valence-corrected chi connectivity index (χ2v) is 12.7. The number of hydrogen-bond donors (Lipinski definition) is 1. The number of esters is 1. The van der Waals surface area contributed by atoms with Crippen molar-refractivity contribution in [1.29, 1.82) is 0 Å². The summed E-state index contributed by atoms with van der Waals surface area (Å²) in [6, 6.07) is 10.1. The molecular formula is C32H37ClFN3O5S. The fraction of sp³-hybridized carbons (Fsp3) is 0.469. The van der Waals surface area contributed by atoms with Gasteiger partial charge in [-0.25, -0.2) is 4.39 Å². The highest BCUT2D eigenvalue weighted by atomic mass is 35.5. The van der Waals surface area contributed by atoms with Gasteiger partial charge in [-0.1, -0.05) is 29.8 Å². The lowest BCUT2D eigenvalue weighted by Gasteiger charge is -2.34. The number of fused-ring (bicyclic) bond motifs is 1. The van der Waals surface area contributed by atoms with Crippen molar-refractivity contribution in [3.63, 3.8) is 0 Å². The highest BCUT2D eigenvalue weighted by molar-refractivity contribution is 8.00. The first-order valence-corrected chi connectivity index (χ1v) is 16.1. The molecule has 1 saturated heterocycles. The lowest BCUT2D eigenvalue weighted by Crippen LogP contribution is -2.38. The number of thioether (sulfide) groups is 1. The largest absolute Gasteiger partial charge is 0.469 e. The van der Waals surface area contributed by atoms with Crippen LogP contribution in [0, 0.1) is 11.7 Å². The monoisotopic (exact) mass is 629 g/mol. The predicted octanol–water partition coefficient (Wildman–Crippen LogP) is 6.20. The Labute approximate surface area is 260 Å². The number of amides is 1. The summed E-state index contributed by atoms with van der Waals surface area (Å²) in [7, 11) is 3.27. The van der Waals surface area contributed by atoms with Crippen molar-refractivity contribution in [2.45, 2.75) is 56.6 Å². The second-order valence-electron chi connectivity index (χ2n) is 11.3. The van der Waals surface area contributed by atoms with Gasteiger partial charge in [0.05, 0.1) is 41.2 Å². The molecule has 0 spiro atoms. The van der Waals surface area contributed by atoms with Crippen molar-refractivity contribution < 1.29 is 28.2 Å². The minimum atomic E-state index is -0.606. The van der Waals surface area contributed by atoms with Gasteiger partial charge in [0.2, 0.25) is 0 Å². The molecule has 1 aromatic heterocycles. The van der Waals surface area contributed by atoms with E-state index in [4.69, 9.17) is 21.1 Å². The number of nitrogens with one attached hydrogen (secondary N) is 1. The maximum Gasteiger partial charge on any atom is 0.308 e. The highest BCUT2D eigenvalue weighted by Crippen LogP contribution is 2.32. The zero-order valence-corrected chi connectivity index (χ0v) is 26.0. The number of likely N-dealkylation sites (tertiary alicyclic amines) is 1. The molecule has 3 aromatic rings. The number of aromatic nitrogens is 1. The van der Waals surface area contributed by atoms with E-state index in [0.717, 1.165) is 62.5 Å². The lowest BCUT2D eigenvalue weighted by atomic mass is 9.87. The zero-order chi connectivity index (χ0) is 30.5. The van der Waals surface area contributed by atoms with Gasteiger partial charge in [-0.2, -0.15) is 0 Å². The molecule has 2 aliphatic rings. The van der Waals surface area contributed by atoms with Gasteiger partial charge >= 0.3 is 5.97 Å². The van der Waals surface area contributed by atoms with Crippen LogP contribution in [-0.2, 0) is 32.5 Å². The predicted molar refractivity (Wildman–Crippen MR) is 167 cm³/mol. The van der Waals surface area contributed by atoms with Crippen LogP contribution in [-0.4, -0.2) is 64.7 Å². The molecule has 2 heterocycles. The van der Waals surface area contributed by atoms with Crippen LogP contribution >= 0.6 is 23.4 Å². The Kier molecular flexibility index (Phi) is 10.4. The maximum atomic E-state index is 15.1.